The SMILES string of the molecule is CCCCCCCCCCCCSCc1cc(C)c(O)c(CSCCCCCCCCCCCC)c1.CCCCCCCCCCCCSCc1cc(C)c(O)c(CSCCCCCCCCCCCC)c1. The van der Waals surface area contributed by atoms with Crippen LogP contribution in [0.2, 0.25) is 0 Å². The molecule has 0 saturated heterocycles. The molecule has 0 saturated carbocycles. The molecule has 0 atom stereocenters. The molecule has 0 heterocycles. The van der Waals surface area contributed by atoms with Crippen LogP contribution in [0.3, 0.4) is 0 Å². The van der Waals surface area contributed by atoms with Gasteiger partial charge in [0.1, 0.15) is 11.5 Å². The molecule has 6 heteroatoms. The molecule has 2 nitrogen and oxygen atoms in total. The molecule has 72 heavy (non-hydrogen) atoms. The number of aromatic hydroxyl groups is 2. The number of thioether (sulfide) groups is 4. The third kappa shape index (κ3) is 42.5. The molecule has 0 spiro atoms. The molecule has 0 amide bonds. The molecule has 2 aromatic rings. The molecule has 0 unspecified atom stereocenters. The van der Waals surface area contributed by atoms with Crippen LogP contribution in [0, 0.1) is 13.8 Å². The average Bonchev–Trinajstić information content (AvgIpc) is 3.38. The van der Waals surface area contributed by atoms with E-state index < -0.39 is 0 Å². The standard InChI is InChI=1S/2C33H60OS2/c2*1-4-6-8-10-12-14-16-18-20-22-24-35-28-31-26-30(3)33(34)32(27-31)29-36-25-23-21-19-17-15-13-11-9-7-5-2/h2*26-27,34H,4-25,28-29H2,1-3H3. The van der Waals surface area contributed by atoms with Crippen molar-refractivity contribution >= 4 is 47.0 Å². The Kier molecular flexibility index (Phi) is 51.9. The van der Waals surface area contributed by atoms with Crippen molar-refractivity contribution in [2.75, 3.05) is 23.0 Å². The van der Waals surface area contributed by atoms with E-state index in [0.717, 1.165) is 45.3 Å². The van der Waals surface area contributed by atoms with Gasteiger partial charge in [-0.05, 0) is 84.8 Å². The lowest BCUT2D eigenvalue weighted by Gasteiger charge is -2.11. The maximum absolute atomic E-state index is 10.6. The number of aryl methyl sites for hydroxylation is 2. The molecule has 0 fully saturated rings. The van der Waals surface area contributed by atoms with Crippen LogP contribution in [-0.2, 0) is 23.0 Å². The highest BCUT2D eigenvalue weighted by Gasteiger charge is 2.10. The Hall–Kier alpha value is -0.560. The van der Waals surface area contributed by atoms with Crippen molar-refractivity contribution < 1.29 is 10.2 Å². The lowest BCUT2D eigenvalue weighted by molar-refractivity contribution is 0.466. The van der Waals surface area contributed by atoms with E-state index in [1.165, 1.54) is 291 Å². The number of hydrogen-bond donors (Lipinski definition) is 2. The predicted octanol–water partition coefficient (Wildman–Crippen LogP) is 24.0. The fourth-order valence-electron chi connectivity index (χ4n) is 9.76. The smallest absolute Gasteiger partial charge is 0.122 e. The van der Waals surface area contributed by atoms with Crippen LogP contribution in [0.5, 0.6) is 11.5 Å². The normalized spacial score (nSPS) is 11.4. The summed E-state index contributed by atoms with van der Waals surface area (Å²) >= 11 is 8.12. The van der Waals surface area contributed by atoms with Gasteiger partial charge in [-0.15, -0.1) is 0 Å². The van der Waals surface area contributed by atoms with E-state index in [1.807, 2.05) is 23.5 Å². The number of phenols is 2. The topological polar surface area (TPSA) is 40.5 Å². The van der Waals surface area contributed by atoms with Crippen molar-refractivity contribution in [2.45, 2.75) is 321 Å². The molecule has 2 aromatic carbocycles. The summed E-state index contributed by atoms with van der Waals surface area (Å²) in [7, 11) is 0. The molecule has 0 radical (unpaired) electrons. The molecule has 0 aliphatic rings. The maximum Gasteiger partial charge on any atom is 0.122 e. The van der Waals surface area contributed by atoms with Crippen molar-refractivity contribution in [3.8, 4) is 11.5 Å². The molecule has 2 N–H and O–H groups in total. The van der Waals surface area contributed by atoms with Crippen LogP contribution in [-0.4, -0.2) is 33.2 Å². The second kappa shape index (κ2) is 53.8. The zero-order valence-electron chi connectivity index (χ0n) is 48.8. The lowest BCUT2D eigenvalue weighted by Crippen LogP contribution is -1.92. The molecular formula is C66H120O2S4. The van der Waals surface area contributed by atoms with E-state index in [0.29, 0.717) is 11.5 Å². The zero-order chi connectivity index (χ0) is 52.2. The monoisotopic (exact) mass is 1070 g/mol. The summed E-state index contributed by atoms with van der Waals surface area (Å²) in [4.78, 5) is 0. The van der Waals surface area contributed by atoms with Gasteiger partial charge in [0.2, 0.25) is 0 Å². The van der Waals surface area contributed by atoms with E-state index in [1.54, 1.807) is 0 Å². The maximum atomic E-state index is 10.6. The predicted molar refractivity (Wildman–Crippen MR) is 338 cm³/mol. The Morgan fingerprint density at radius 1 is 0.264 bits per heavy atom. The summed E-state index contributed by atoms with van der Waals surface area (Å²) in [5.74, 6) is 10.0. The molecular weight excluding hydrogens is 953 g/mol. The van der Waals surface area contributed by atoms with Crippen LogP contribution in [0.1, 0.15) is 318 Å². The third-order valence-electron chi connectivity index (χ3n) is 14.5. The molecule has 420 valence electrons. The van der Waals surface area contributed by atoms with Crippen molar-refractivity contribution in [1.29, 1.82) is 0 Å². The van der Waals surface area contributed by atoms with Crippen LogP contribution in [0.25, 0.3) is 0 Å². The second-order valence-electron chi connectivity index (χ2n) is 21.8. The number of unbranched alkanes of at least 4 members (excludes halogenated alkanes) is 36. The van der Waals surface area contributed by atoms with E-state index in [9.17, 15) is 10.2 Å². The summed E-state index contributed by atoms with van der Waals surface area (Å²) in [6, 6.07) is 8.91. The fraction of sp³-hybridized carbons (Fsp3) is 0.818. The summed E-state index contributed by atoms with van der Waals surface area (Å²) < 4.78 is 0. The van der Waals surface area contributed by atoms with E-state index >= 15 is 0 Å². The minimum Gasteiger partial charge on any atom is -0.507 e. The minimum absolute atomic E-state index is 0.522. The first kappa shape index (κ1) is 69.5. The largest absolute Gasteiger partial charge is 0.507 e. The Labute approximate surface area is 467 Å². The van der Waals surface area contributed by atoms with Gasteiger partial charge in [-0.25, -0.2) is 0 Å². The van der Waals surface area contributed by atoms with Crippen LogP contribution in [0.15, 0.2) is 24.3 Å². The van der Waals surface area contributed by atoms with Crippen LogP contribution >= 0.6 is 47.0 Å². The highest BCUT2D eigenvalue weighted by Crippen LogP contribution is 2.32. The molecule has 0 aromatic heterocycles. The highest BCUT2D eigenvalue weighted by molar-refractivity contribution is 7.99. The minimum atomic E-state index is 0.522. The van der Waals surface area contributed by atoms with Gasteiger partial charge in [0.25, 0.3) is 0 Å². The van der Waals surface area contributed by atoms with Crippen LogP contribution in [0.4, 0.5) is 0 Å². The Bertz CT molecular complexity index is 1340. The van der Waals surface area contributed by atoms with Crippen molar-refractivity contribution in [1.82, 2.24) is 0 Å². The van der Waals surface area contributed by atoms with Gasteiger partial charge in [0.05, 0.1) is 0 Å². The van der Waals surface area contributed by atoms with E-state index in [4.69, 9.17) is 0 Å². The highest BCUT2D eigenvalue weighted by atomic mass is 32.2. The Morgan fingerprint density at radius 2 is 0.458 bits per heavy atom. The summed E-state index contributed by atoms with van der Waals surface area (Å²) in [5.41, 5.74) is 7.14. The number of rotatable bonds is 52. The zero-order valence-corrected chi connectivity index (χ0v) is 52.0. The van der Waals surface area contributed by atoms with Crippen molar-refractivity contribution in [2.24, 2.45) is 0 Å². The van der Waals surface area contributed by atoms with Gasteiger partial charge in [0.15, 0.2) is 0 Å². The summed E-state index contributed by atoms with van der Waals surface area (Å²) in [6.45, 7) is 13.3. The van der Waals surface area contributed by atoms with Crippen LogP contribution < -0.4 is 0 Å². The number of benzene rings is 2. The lowest BCUT2D eigenvalue weighted by atomic mass is 10.1. The molecule has 0 aliphatic carbocycles. The Balaban J connectivity index is 0.000000720. The number of phenolic OH excluding ortho intramolecular Hbond substituents is 2. The average molecular weight is 1070 g/mol. The fourth-order valence-corrected chi connectivity index (χ4v) is 13.7. The van der Waals surface area contributed by atoms with Crippen molar-refractivity contribution in [3.63, 3.8) is 0 Å². The quantitative estimate of drug-likeness (QED) is 0.0644. The summed E-state index contributed by atoms with van der Waals surface area (Å²) in [5, 5.41) is 21.1. The second-order valence-corrected chi connectivity index (χ2v) is 26.2. The van der Waals surface area contributed by atoms with Crippen molar-refractivity contribution in [3.05, 3.63) is 57.6 Å². The van der Waals surface area contributed by atoms with E-state index in [-0.39, 0.29) is 0 Å². The van der Waals surface area contributed by atoms with Gasteiger partial charge < -0.3 is 10.2 Å². The number of hydrogen-bond acceptors (Lipinski definition) is 6. The van der Waals surface area contributed by atoms with Gasteiger partial charge in [-0.2, -0.15) is 47.0 Å². The first-order valence-electron chi connectivity index (χ1n) is 31.3. The third-order valence-corrected chi connectivity index (χ3v) is 18.9. The van der Waals surface area contributed by atoms with Gasteiger partial charge >= 0.3 is 0 Å². The first-order valence-corrected chi connectivity index (χ1v) is 35.9. The Morgan fingerprint density at radius 3 is 0.681 bits per heavy atom. The molecule has 0 bridgehead atoms. The molecule has 2 rings (SSSR count). The van der Waals surface area contributed by atoms with Gasteiger partial charge in [-0.3, -0.25) is 0 Å². The molecule has 0 aliphatic heterocycles. The van der Waals surface area contributed by atoms with Gasteiger partial charge in [-0.1, -0.05) is 283 Å². The van der Waals surface area contributed by atoms with E-state index in [2.05, 4.69) is 89.3 Å². The first-order chi connectivity index (χ1) is 35.4. The van der Waals surface area contributed by atoms with Gasteiger partial charge in [0, 0.05) is 34.1 Å². The summed E-state index contributed by atoms with van der Waals surface area (Å²) in [6.07, 6.45) is 56.1.